The lowest BCUT2D eigenvalue weighted by Crippen LogP contribution is -2.36. The quantitative estimate of drug-likeness (QED) is 0.791. The number of hydrogen-bond donors (Lipinski definition) is 1. The summed E-state index contributed by atoms with van der Waals surface area (Å²) < 4.78 is 18.5. The van der Waals surface area contributed by atoms with E-state index in [0.29, 0.717) is 11.5 Å². The van der Waals surface area contributed by atoms with E-state index in [0.717, 1.165) is 22.7 Å². The number of nitrogens with one attached hydrogen (secondary N) is 1. The maximum atomic E-state index is 13.1. The predicted octanol–water partition coefficient (Wildman–Crippen LogP) is 4.06. The third-order valence-electron chi connectivity index (χ3n) is 3.41. The lowest BCUT2D eigenvalue weighted by Gasteiger charge is -2.12. The van der Waals surface area contributed by atoms with Gasteiger partial charge in [-0.25, -0.2) is 4.39 Å². The highest BCUT2D eigenvalue weighted by Crippen LogP contribution is 2.32. The van der Waals surface area contributed by atoms with Crippen molar-refractivity contribution in [1.82, 2.24) is 4.90 Å². The van der Waals surface area contributed by atoms with E-state index in [4.69, 9.17) is 16.0 Å². The number of aryl methyl sites for hydroxylation is 1. The molecule has 3 amide bonds. The molecule has 1 N–H and O–H groups in total. The number of carbonyl (C=O) groups is 3. The SMILES string of the molecule is Cc1ccc(/C=C2/SC(=O)N(CC(=O)Nc3ccc(F)c(Cl)c3)C2=O)o1. The Morgan fingerprint density at radius 3 is 2.77 bits per heavy atom. The normalized spacial score (nSPS) is 15.8. The molecular weight excluding hydrogens is 383 g/mol. The van der Waals surface area contributed by atoms with Gasteiger partial charge >= 0.3 is 0 Å². The van der Waals surface area contributed by atoms with E-state index in [2.05, 4.69) is 5.32 Å². The lowest BCUT2D eigenvalue weighted by molar-refractivity contribution is -0.127. The number of furan rings is 1. The summed E-state index contributed by atoms with van der Waals surface area (Å²) in [5.74, 6) is -0.688. The summed E-state index contributed by atoms with van der Waals surface area (Å²) in [7, 11) is 0. The van der Waals surface area contributed by atoms with Gasteiger partial charge in [0.25, 0.3) is 11.1 Å². The van der Waals surface area contributed by atoms with Gasteiger partial charge in [0, 0.05) is 11.8 Å². The van der Waals surface area contributed by atoms with Gasteiger partial charge in [-0.15, -0.1) is 0 Å². The number of thioether (sulfide) groups is 1. The number of halogens is 2. The minimum atomic E-state index is -0.617. The molecule has 1 saturated heterocycles. The molecule has 0 spiro atoms. The van der Waals surface area contributed by atoms with Gasteiger partial charge in [0.15, 0.2) is 0 Å². The van der Waals surface area contributed by atoms with Crippen molar-refractivity contribution in [1.29, 1.82) is 0 Å². The number of hydrogen-bond acceptors (Lipinski definition) is 5. The Hall–Kier alpha value is -2.58. The molecule has 0 saturated carbocycles. The fourth-order valence-electron chi connectivity index (χ4n) is 2.21. The second-order valence-corrected chi connectivity index (χ2v) is 6.79. The zero-order valence-corrected chi connectivity index (χ0v) is 15.0. The monoisotopic (exact) mass is 394 g/mol. The van der Waals surface area contributed by atoms with Crippen LogP contribution in [0.4, 0.5) is 14.9 Å². The van der Waals surface area contributed by atoms with Crippen molar-refractivity contribution in [3.05, 3.63) is 57.6 Å². The highest BCUT2D eigenvalue weighted by Gasteiger charge is 2.36. The Morgan fingerprint density at radius 2 is 2.12 bits per heavy atom. The molecule has 2 heterocycles. The van der Waals surface area contributed by atoms with E-state index in [1.165, 1.54) is 18.2 Å². The summed E-state index contributed by atoms with van der Waals surface area (Å²) in [5, 5.41) is 1.76. The van der Waals surface area contributed by atoms with Gasteiger partial charge in [-0.3, -0.25) is 19.3 Å². The largest absolute Gasteiger partial charge is 0.462 e. The maximum Gasteiger partial charge on any atom is 0.294 e. The topological polar surface area (TPSA) is 79.6 Å². The summed E-state index contributed by atoms with van der Waals surface area (Å²) in [6.45, 7) is 1.29. The van der Waals surface area contributed by atoms with E-state index >= 15 is 0 Å². The average molecular weight is 395 g/mol. The molecular formula is C17H12ClFN2O4S. The van der Waals surface area contributed by atoms with Crippen LogP contribution < -0.4 is 5.32 Å². The minimum Gasteiger partial charge on any atom is -0.462 e. The van der Waals surface area contributed by atoms with E-state index in [-0.39, 0.29) is 15.6 Å². The van der Waals surface area contributed by atoms with E-state index in [1.807, 2.05) is 0 Å². The second kappa shape index (κ2) is 7.35. The smallest absolute Gasteiger partial charge is 0.294 e. The van der Waals surface area contributed by atoms with Crippen LogP contribution in [0.3, 0.4) is 0 Å². The summed E-state index contributed by atoms with van der Waals surface area (Å²) in [5.41, 5.74) is 0.259. The second-order valence-electron chi connectivity index (χ2n) is 5.39. The van der Waals surface area contributed by atoms with Gasteiger partial charge in [0.1, 0.15) is 23.9 Å². The molecule has 1 aliphatic rings. The molecule has 1 aromatic carbocycles. The molecule has 0 radical (unpaired) electrons. The Labute approximate surface area is 157 Å². The summed E-state index contributed by atoms with van der Waals surface area (Å²) >= 11 is 6.37. The molecule has 0 atom stereocenters. The first-order valence-electron chi connectivity index (χ1n) is 7.40. The zero-order chi connectivity index (χ0) is 18.8. The number of benzene rings is 1. The van der Waals surface area contributed by atoms with Gasteiger partial charge in [0.05, 0.1) is 9.93 Å². The van der Waals surface area contributed by atoms with Gasteiger partial charge in [0.2, 0.25) is 5.91 Å². The Morgan fingerprint density at radius 1 is 1.35 bits per heavy atom. The van der Waals surface area contributed by atoms with Crippen LogP contribution in [-0.4, -0.2) is 28.5 Å². The van der Waals surface area contributed by atoms with Crippen LogP contribution in [0.15, 0.2) is 39.7 Å². The molecule has 9 heteroatoms. The van der Waals surface area contributed by atoms with E-state index in [1.54, 1.807) is 19.1 Å². The Bertz CT molecular complexity index is 941. The van der Waals surface area contributed by atoms with Crippen LogP contribution in [0.2, 0.25) is 5.02 Å². The van der Waals surface area contributed by atoms with Crippen LogP contribution >= 0.6 is 23.4 Å². The van der Waals surface area contributed by atoms with Crippen molar-refractivity contribution in [3.8, 4) is 0 Å². The first-order valence-corrected chi connectivity index (χ1v) is 8.59. The number of rotatable bonds is 4. The van der Waals surface area contributed by atoms with Crippen LogP contribution in [-0.2, 0) is 9.59 Å². The van der Waals surface area contributed by atoms with Gasteiger partial charge in [-0.1, -0.05) is 11.6 Å². The minimum absolute atomic E-state index is 0.148. The third kappa shape index (κ3) is 3.97. The van der Waals surface area contributed by atoms with Crippen LogP contribution in [0, 0.1) is 12.7 Å². The van der Waals surface area contributed by atoms with E-state index in [9.17, 15) is 18.8 Å². The van der Waals surface area contributed by atoms with Crippen molar-refractivity contribution in [2.24, 2.45) is 0 Å². The molecule has 1 fully saturated rings. The third-order valence-corrected chi connectivity index (χ3v) is 4.61. The molecule has 1 aromatic heterocycles. The molecule has 1 aliphatic heterocycles. The van der Waals surface area contributed by atoms with Crippen LogP contribution in [0.5, 0.6) is 0 Å². The Balaban J connectivity index is 1.68. The molecule has 2 aromatic rings. The number of nitrogens with zero attached hydrogens (tertiary/aromatic N) is 1. The zero-order valence-electron chi connectivity index (χ0n) is 13.4. The fourth-order valence-corrected chi connectivity index (χ4v) is 3.21. The molecule has 26 heavy (non-hydrogen) atoms. The summed E-state index contributed by atoms with van der Waals surface area (Å²) in [4.78, 5) is 37.4. The molecule has 0 bridgehead atoms. The molecule has 3 rings (SSSR count). The number of anilines is 1. The average Bonchev–Trinajstić information content (AvgIpc) is 3.09. The first-order chi connectivity index (χ1) is 12.3. The van der Waals surface area contributed by atoms with Gasteiger partial charge in [-0.05, 0) is 49.0 Å². The van der Waals surface area contributed by atoms with Crippen molar-refractivity contribution >= 4 is 52.2 Å². The van der Waals surface area contributed by atoms with Gasteiger partial charge in [-0.2, -0.15) is 0 Å². The van der Waals surface area contributed by atoms with Crippen molar-refractivity contribution in [3.63, 3.8) is 0 Å². The fraction of sp³-hybridized carbons (Fsp3) is 0.118. The summed E-state index contributed by atoms with van der Waals surface area (Å²) in [6, 6.07) is 7.07. The maximum absolute atomic E-state index is 13.1. The van der Waals surface area contributed by atoms with Gasteiger partial charge < -0.3 is 9.73 Å². The Kier molecular flexibility index (Phi) is 5.15. The highest BCUT2D eigenvalue weighted by atomic mass is 35.5. The van der Waals surface area contributed by atoms with Crippen molar-refractivity contribution in [2.45, 2.75) is 6.92 Å². The molecule has 6 nitrogen and oxygen atoms in total. The standard InChI is InChI=1S/C17H12ClFN2O4S/c1-9-2-4-11(25-9)7-14-16(23)21(17(24)26-14)8-15(22)20-10-3-5-13(19)12(18)6-10/h2-7H,8H2,1H3,(H,20,22)/b14-7+. The number of carbonyl (C=O) groups excluding carboxylic acids is 3. The first kappa shape index (κ1) is 18.2. The lowest BCUT2D eigenvalue weighted by atomic mass is 10.3. The van der Waals surface area contributed by atoms with Crippen molar-refractivity contribution in [2.75, 3.05) is 11.9 Å². The van der Waals surface area contributed by atoms with E-state index < -0.39 is 29.4 Å². The predicted molar refractivity (Wildman–Crippen MR) is 96.2 cm³/mol. The molecule has 0 unspecified atom stereocenters. The van der Waals surface area contributed by atoms with Crippen LogP contribution in [0.1, 0.15) is 11.5 Å². The molecule has 0 aliphatic carbocycles. The van der Waals surface area contributed by atoms with Crippen LogP contribution in [0.25, 0.3) is 6.08 Å². The number of imide groups is 1. The molecule has 134 valence electrons. The number of amides is 3. The summed E-state index contributed by atoms with van der Waals surface area (Å²) in [6.07, 6.45) is 1.45. The highest BCUT2D eigenvalue weighted by molar-refractivity contribution is 8.18. The van der Waals surface area contributed by atoms with Crippen molar-refractivity contribution < 1.29 is 23.2 Å².